The quantitative estimate of drug-likeness (QED) is 0.191. The highest BCUT2D eigenvalue weighted by molar-refractivity contribution is 9.10. The van der Waals surface area contributed by atoms with Crippen LogP contribution < -0.4 is 10.6 Å². The van der Waals surface area contributed by atoms with E-state index >= 15 is 0 Å². The molecule has 1 atom stereocenters. The lowest BCUT2D eigenvalue weighted by Gasteiger charge is -2.19. The van der Waals surface area contributed by atoms with E-state index in [0.717, 1.165) is 6.42 Å². The summed E-state index contributed by atoms with van der Waals surface area (Å²) in [6.07, 6.45) is 0.573. The minimum absolute atomic E-state index is 0.193. The fourth-order valence-corrected chi connectivity index (χ4v) is 2.83. The Morgan fingerprint density at radius 2 is 1.91 bits per heavy atom. The number of carbonyl (C=O) groups excluding carboxylic acids is 2. The molecule has 2 rings (SSSR count). The molecule has 0 aliphatic carbocycles. The summed E-state index contributed by atoms with van der Waals surface area (Å²) in [5.41, 5.74) is 1.27. The first-order valence-corrected chi connectivity index (χ1v) is 11.8. The number of ether oxygens (including phenoxy) is 1. The van der Waals surface area contributed by atoms with Gasteiger partial charge in [-0.3, -0.25) is 0 Å². The van der Waals surface area contributed by atoms with Gasteiger partial charge in [0, 0.05) is 20.0 Å². The van der Waals surface area contributed by atoms with Gasteiger partial charge in [0.1, 0.15) is 17.1 Å². The summed E-state index contributed by atoms with van der Waals surface area (Å²) < 4.78 is 23.1. The van der Waals surface area contributed by atoms with Gasteiger partial charge in [-0.1, -0.05) is 25.1 Å². The summed E-state index contributed by atoms with van der Waals surface area (Å²) in [6, 6.07) is 5.20. The number of alkyl carbamates (subject to hydrolysis) is 1. The topological polar surface area (TPSA) is 128 Å². The van der Waals surface area contributed by atoms with Crippen molar-refractivity contribution in [3.8, 4) is 0 Å². The first kappa shape index (κ1) is 30.0. The van der Waals surface area contributed by atoms with Gasteiger partial charge in [0.05, 0.1) is 4.47 Å². The van der Waals surface area contributed by atoms with Crippen LogP contribution in [0, 0.1) is 5.82 Å². The van der Waals surface area contributed by atoms with Crippen molar-refractivity contribution in [1.82, 2.24) is 15.6 Å². The summed E-state index contributed by atoms with van der Waals surface area (Å²) in [7, 11) is 0. The van der Waals surface area contributed by atoms with E-state index in [1.807, 2.05) is 12.1 Å². The first-order chi connectivity index (χ1) is 16.3. The van der Waals surface area contributed by atoms with Gasteiger partial charge in [0.2, 0.25) is 0 Å². The van der Waals surface area contributed by atoms with E-state index in [2.05, 4.69) is 65.3 Å². The largest absolute Gasteiger partial charge is 0.444 e. The molecule has 0 aliphatic rings. The zero-order valence-corrected chi connectivity index (χ0v) is 22.7. The van der Waals surface area contributed by atoms with Gasteiger partial charge in [-0.2, -0.15) is 0 Å². The number of aromatic nitrogens is 2. The monoisotopic (exact) mass is 557 g/mol. The second kappa shape index (κ2) is 14.4. The number of anilines is 1. The van der Waals surface area contributed by atoms with E-state index in [0.29, 0.717) is 40.7 Å². The number of amides is 1. The van der Waals surface area contributed by atoms with Gasteiger partial charge >= 0.3 is 12.1 Å². The van der Waals surface area contributed by atoms with Crippen LogP contribution in [0.25, 0.3) is 0 Å². The molecule has 1 unspecified atom stereocenters. The third kappa shape index (κ3) is 11.8. The van der Waals surface area contributed by atoms with Crippen molar-refractivity contribution in [2.24, 2.45) is 5.16 Å². The Kier molecular flexibility index (Phi) is 12.3. The van der Waals surface area contributed by atoms with Crippen molar-refractivity contribution in [3.05, 3.63) is 39.7 Å². The molecule has 10 nitrogen and oxygen atoms in total. The lowest BCUT2D eigenvalue weighted by Crippen LogP contribution is -2.35. The minimum atomic E-state index is -0.551. The molecule has 1 aromatic heterocycles. The Morgan fingerprint density at radius 1 is 1.23 bits per heavy atom. The Balaban J connectivity index is 0.000000427. The number of benzene rings is 1. The van der Waals surface area contributed by atoms with Crippen LogP contribution in [-0.4, -0.2) is 46.8 Å². The molecule has 0 saturated carbocycles. The van der Waals surface area contributed by atoms with E-state index in [9.17, 15) is 14.0 Å². The molecule has 1 aromatic carbocycles. The number of hydrogen-bond acceptors (Lipinski definition) is 9. The van der Waals surface area contributed by atoms with Gasteiger partial charge in [-0.25, -0.2) is 18.6 Å². The van der Waals surface area contributed by atoms with Crippen LogP contribution in [0.1, 0.15) is 72.1 Å². The standard InChI is InChI=1S/C13H21N5O5.C10H12BrF/c1-8(16-22-9(2)19)10-11(18-23-17-10)14-6-7-15-12(20)21-13(3,4)5;1-3-7(2)8-4-5-10(12)9(11)6-8/h6-7H2,1-5H3,(H,14,18)(H,15,20);4-7H,3H2,1-2H3/b16-8+;. The fourth-order valence-electron chi connectivity index (χ4n) is 2.43. The second-order valence-corrected chi connectivity index (χ2v) is 9.41. The Bertz CT molecular complexity index is 1010. The summed E-state index contributed by atoms with van der Waals surface area (Å²) in [4.78, 5) is 26.7. The van der Waals surface area contributed by atoms with Gasteiger partial charge in [0.25, 0.3) is 0 Å². The smallest absolute Gasteiger partial charge is 0.407 e. The van der Waals surface area contributed by atoms with E-state index in [-0.39, 0.29) is 5.82 Å². The molecule has 0 bridgehead atoms. The highest BCUT2D eigenvalue weighted by Gasteiger charge is 2.16. The van der Waals surface area contributed by atoms with Crippen LogP contribution in [0.2, 0.25) is 0 Å². The molecule has 2 aromatic rings. The lowest BCUT2D eigenvalue weighted by molar-refractivity contribution is -0.140. The van der Waals surface area contributed by atoms with Crippen LogP contribution in [0.5, 0.6) is 0 Å². The lowest BCUT2D eigenvalue weighted by atomic mass is 9.99. The van der Waals surface area contributed by atoms with Crippen LogP contribution in [0.3, 0.4) is 0 Å². The summed E-state index contributed by atoms with van der Waals surface area (Å²) in [6.45, 7) is 13.1. The van der Waals surface area contributed by atoms with Gasteiger partial charge < -0.3 is 20.2 Å². The predicted molar refractivity (Wildman–Crippen MR) is 134 cm³/mol. The first-order valence-electron chi connectivity index (χ1n) is 11.0. The number of halogens is 2. The molecule has 0 saturated heterocycles. The van der Waals surface area contributed by atoms with Crippen LogP contribution in [0.4, 0.5) is 15.0 Å². The van der Waals surface area contributed by atoms with Crippen molar-refractivity contribution >= 4 is 39.5 Å². The summed E-state index contributed by atoms with van der Waals surface area (Å²) in [5.74, 6) is 0.0882. The predicted octanol–water partition coefficient (Wildman–Crippen LogP) is 5.40. The van der Waals surface area contributed by atoms with Crippen molar-refractivity contribution in [1.29, 1.82) is 0 Å². The van der Waals surface area contributed by atoms with Crippen LogP contribution >= 0.6 is 15.9 Å². The van der Waals surface area contributed by atoms with Gasteiger partial charge in [-0.05, 0) is 84.0 Å². The van der Waals surface area contributed by atoms with Gasteiger partial charge in [0.15, 0.2) is 11.5 Å². The summed E-state index contributed by atoms with van der Waals surface area (Å²) >= 11 is 3.17. The molecule has 1 heterocycles. The molecule has 35 heavy (non-hydrogen) atoms. The molecule has 0 fully saturated rings. The maximum absolute atomic E-state index is 12.8. The van der Waals surface area contributed by atoms with E-state index in [4.69, 9.17) is 4.74 Å². The molecular formula is C23H33BrFN5O5. The molecule has 0 spiro atoms. The number of carbonyl (C=O) groups is 2. The SMILES string of the molecule is CC(=O)O/N=C(\C)c1nonc1NCCNC(=O)OC(C)(C)C.CCC(C)c1ccc(F)c(Br)c1. The van der Waals surface area contributed by atoms with E-state index < -0.39 is 17.7 Å². The number of oxime groups is 1. The van der Waals surface area contributed by atoms with Crippen molar-refractivity contribution in [3.63, 3.8) is 0 Å². The van der Waals surface area contributed by atoms with Crippen molar-refractivity contribution in [2.75, 3.05) is 18.4 Å². The molecule has 194 valence electrons. The number of rotatable bonds is 8. The van der Waals surface area contributed by atoms with E-state index in [1.54, 1.807) is 27.7 Å². The zero-order chi connectivity index (χ0) is 26.6. The Morgan fingerprint density at radius 3 is 2.49 bits per heavy atom. The van der Waals surface area contributed by atoms with Crippen LogP contribution in [-0.2, 0) is 14.4 Å². The molecule has 12 heteroatoms. The third-order valence-corrected chi connectivity index (χ3v) is 4.96. The molecular weight excluding hydrogens is 525 g/mol. The van der Waals surface area contributed by atoms with Gasteiger partial charge in [-0.15, -0.1) is 0 Å². The highest BCUT2D eigenvalue weighted by Crippen LogP contribution is 2.24. The third-order valence-electron chi connectivity index (χ3n) is 4.35. The zero-order valence-electron chi connectivity index (χ0n) is 21.1. The maximum Gasteiger partial charge on any atom is 0.407 e. The Labute approximate surface area is 213 Å². The van der Waals surface area contributed by atoms with Crippen molar-refractivity contribution < 1.29 is 28.2 Å². The van der Waals surface area contributed by atoms with Crippen molar-refractivity contribution in [2.45, 2.75) is 66.4 Å². The minimum Gasteiger partial charge on any atom is -0.444 e. The maximum atomic E-state index is 12.8. The van der Waals surface area contributed by atoms with Crippen LogP contribution in [0.15, 0.2) is 32.5 Å². The molecule has 0 aliphatic heterocycles. The molecule has 1 amide bonds. The normalized spacial score (nSPS) is 12.2. The average Bonchev–Trinajstić information content (AvgIpc) is 3.24. The molecule has 0 radical (unpaired) electrons. The van der Waals surface area contributed by atoms with E-state index in [1.165, 1.54) is 18.6 Å². The fraction of sp³-hybridized carbons (Fsp3) is 0.522. The molecule has 2 N–H and O–H groups in total. The summed E-state index contributed by atoms with van der Waals surface area (Å²) in [5, 5.41) is 16.5. The Hall–Kier alpha value is -3.02. The number of nitrogens with one attached hydrogen (secondary N) is 2. The average molecular weight is 558 g/mol. The second-order valence-electron chi connectivity index (χ2n) is 8.56. The number of nitrogens with zero attached hydrogens (tertiary/aromatic N) is 3. The number of hydrogen-bond donors (Lipinski definition) is 2. The highest BCUT2D eigenvalue weighted by atomic mass is 79.9.